The molecular formula is C10H8BrN3O2. The van der Waals surface area contributed by atoms with Crippen molar-refractivity contribution < 1.29 is 9.90 Å². The van der Waals surface area contributed by atoms with Gasteiger partial charge in [-0.05, 0) is 17.7 Å². The van der Waals surface area contributed by atoms with Gasteiger partial charge in [-0.25, -0.2) is 14.5 Å². The average molecular weight is 282 g/mol. The molecule has 0 atom stereocenters. The molecule has 16 heavy (non-hydrogen) atoms. The van der Waals surface area contributed by atoms with Crippen molar-refractivity contribution in [3.63, 3.8) is 0 Å². The van der Waals surface area contributed by atoms with E-state index in [1.165, 1.54) is 11.0 Å². The third-order valence-electron chi connectivity index (χ3n) is 1.96. The highest BCUT2D eigenvalue weighted by molar-refractivity contribution is 9.10. The number of nitrogens with zero attached hydrogens (tertiary/aromatic N) is 3. The molecule has 1 aromatic heterocycles. The predicted molar refractivity (Wildman–Crippen MR) is 60.2 cm³/mol. The molecule has 0 aliphatic rings. The maximum atomic E-state index is 10.6. The van der Waals surface area contributed by atoms with Crippen LogP contribution in [0.15, 0.2) is 35.1 Å². The van der Waals surface area contributed by atoms with E-state index in [9.17, 15) is 4.79 Å². The van der Waals surface area contributed by atoms with E-state index in [4.69, 9.17) is 5.11 Å². The molecule has 0 radical (unpaired) electrons. The molecule has 1 heterocycles. The first-order valence-electron chi connectivity index (χ1n) is 4.52. The molecule has 0 aliphatic carbocycles. The van der Waals surface area contributed by atoms with Crippen LogP contribution in [-0.4, -0.2) is 25.8 Å². The summed E-state index contributed by atoms with van der Waals surface area (Å²) in [6.07, 6.45) is 1.41. The third kappa shape index (κ3) is 2.46. The van der Waals surface area contributed by atoms with Crippen LogP contribution in [0.2, 0.25) is 0 Å². The second kappa shape index (κ2) is 4.44. The second-order valence-electron chi connectivity index (χ2n) is 3.20. The molecule has 0 unspecified atom stereocenters. The van der Waals surface area contributed by atoms with E-state index in [0.29, 0.717) is 6.54 Å². The van der Waals surface area contributed by atoms with Crippen molar-refractivity contribution in [3.8, 4) is 0 Å². The lowest BCUT2D eigenvalue weighted by Crippen LogP contribution is -2.04. The van der Waals surface area contributed by atoms with Crippen molar-refractivity contribution in [2.75, 3.05) is 0 Å². The van der Waals surface area contributed by atoms with E-state index in [1.54, 1.807) is 0 Å². The molecular weight excluding hydrogens is 274 g/mol. The summed E-state index contributed by atoms with van der Waals surface area (Å²) in [6.45, 7) is 0.500. The van der Waals surface area contributed by atoms with Crippen LogP contribution in [0.1, 0.15) is 16.2 Å². The van der Waals surface area contributed by atoms with Crippen LogP contribution in [0.5, 0.6) is 0 Å². The van der Waals surface area contributed by atoms with Crippen molar-refractivity contribution in [2.24, 2.45) is 0 Å². The zero-order chi connectivity index (χ0) is 11.5. The van der Waals surface area contributed by atoms with Crippen molar-refractivity contribution in [2.45, 2.75) is 6.54 Å². The Morgan fingerprint density at radius 1 is 1.50 bits per heavy atom. The highest BCUT2D eigenvalue weighted by atomic mass is 79.9. The van der Waals surface area contributed by atoms with Crippen LogP contribution >= 0.6 is 15.9 Å². The summed E-state index contributed by atoms with van der Waals surface area (Å²) in [7, 11) is 0. The van der Waals surface area contributed by atoms with Gasteiger partial charge in [-0.3, -0.25) is 0 Å². The van der Waals surface area contributed by atoms with Crippen LogP contribution in [0, 0.1) is 0 Å². The van der Waals surface area contributed by atoms with E-state index < -0.39 is 5.97 Å². The summed E-state index contributed by atoms with van der Waals surface area (Å²) in [5, 5.41) is 12.5. The lowest BCUT2D eigenvalue weighted by molar-refractivity contribution is 0.0683. The highest BCUT2D eigenvalue weighted by Gasteiger charge is 2.08. The van der Waals surface area contributed by atoms with Gasteiger partial charge in [0, 0.05) is 4.47 Å². The summed E-state index contributed by atoms with van der Waals surface area (Å²) >= 11 is 3.36. The molecule has 6 heteroatoms. The van der Waals surface area contributed by atoms with Crippen LogP contribution in [0.4, 0.5) is 0 Å². The number of carbonyl (C=O) groups is 1. The van der Waals surface area contributed by atoms with Gasteiger partial charge in [0.25, 0.3) is 5.82 Å². The van der Waals surface area contributed by atoms with Gasteiger partial charge in [0.2, 0.25) is 0 Å². The van der Waals surface area contributed by atoms with E-state index in [2.05, 4.69) is 26.0 Å². The van der Waals surface area contributed by atoms with E-state index in [0.717, 1.165) is 10.0 Å². The number of benzene rings is 1. The normalized spacial score (nSPS) is 10.3. The standard InChI is InChI=1S/C10H8BrN3O2/c11-8-3-1-2-7(4-8)5-14-6-12-9(13-14)10(15)16/h1-4,6H,5H2,(H,15,16). The minimum absolute atomic E-state index is 0.185. The van der Waals surface area contributed by atoms with Crippen molar-refractivity contribution in [1.29, 1.82) is 0 Å². The second-order valence-corrected chi connectivity index (χ2v) is 4.12. The number of carboxylic acids is 1. The largest absolute Gasteiger partial charge is 0.475 e. The first-order valence-corrected chi connectivity index (χ1v) is 5.31. The SMILES string of the molecule is O=C(O)c1ncn(Cc2cccc(Br)c2)n1. The number of rotatable bonds is 3. The number of carboxylic acid groups (broad SMARTS) is 1. The van der Waals surface area contributed by atoms with Crippen molar-refractivity contribution in [1.82, 2.24) is 14.8 Å². The fourth-order valence-electron chi connectivity index (χ4n) is 1.29. The maximum Gasteiger partial charge on any atom is 0.375 e. The monoisotopic (exact) mass is 281 g/mol. The number of aromatic carboxylic acids is 1. The molecule has 1 N–H and O–H groups in total. The van der Waals surface area contributed by atoms with Gasteiger partial charge in [0.05, 0.1) is 6.54 Å². The Kier molecular flexibility index (Phi) is 3.00. The third-order valence-corrected chi connectivity index (χ3v) is 2.45. The Morgan fingerprint density at radius 3 is 2.94 bits per heavy atom. The molecule has 0 fully saturated rings. The van der Waals surface area contributed by atoms with Crippen LogP contribution in [0.3, 0.4) is 0 Å². The van der Waals surface area contributed by atoms with Crippen molar-refractivity contribution >= 4 is 21.9 Å². The number of hydrogen-bond acceptors (Lipinski definition) is 3. The predicted octanol–water partition coefficient (Wildman–Crippen LogP) is 1.79. The summed E-state index contributed by atoms with van der Waals surface area (Å²) in [4.78, 5) is 14.2. The van der Waals surface area contributed by atoms with Gasteiger partial charge in [-0.1, -0.05) is 28.1 Å². The van der Waals surface area contributed by atoms with Crippen LogP contribution in [-0.2, 0) is 6.54 Å². The molecule has 0 spiro atoms. The lowest BCUT2D eigenvalue weighted by atomic mass is 10.2. The van der Waals surface area contributed by atoms with Gasteiger partial charge in [-0.2, -0.15) is 0 Å². The molecule has 2 rings (SSSR count). The molecule has 1 aromatic carbocycles. The summed E-state index contributed by atoms with van der Waals surface area (Å²) < 4.78 is 2.47. The molecule has 2 aromatic rings. The van der Waals surface area contributed by atoms with Crippen LogP contribution in [0.25, 0.3) is 0 Å². The first kappa shape index (κ1) is 10.8. The Labute approximate surface area is 99.9 Å². The lowest BCUT2D eigenvalue weighted by Gasteiger charge is -2.00. The molecule has 0 saturated heterocycles. The quantitative estimate of drug-likeness (QED) is 0.931. The fraction of sp³-hybridized carbons (Fsp3) is 0.100. The highest BCUT2D eigenvalue weighted by Crippen LogP contribution is 2.12. The van der Waals surface area contributed by atoms with Gasteiger partial charge in [0.1, 0.15) is 6.33 Å². The average Bonchev–Trinajstić information content (AvgIpc) is 2.66. The summed E-state index contributed by atoms with van der Waals surface area (Å²) in [6, 6.07) is 7.72. The van der Waals surface area contributed by atoms with Gasteiger partial charge < -0.3 is 5.11 Å². The van der Waals surface area contributed by atoms with Gasteiger partial charge >= 0.3 is 5.97 Å². The van der Waals surface area contributed by atoms with Gasteiger partial charge in [0.15, 0.2) is 0 Å². The van der Waals surface area contributed by atoms with Crippen molar-refractivity contribution in [3.05, 3.63) is 46.5 Å². The molecule has 82 valence electrons. The number of halogens is 1. The summed E-state index contributed by atoms with van der Waals surface area (Å²) in [5.41, 5.74) is 1.02. The fourth-order valence-corrected chi connectivity index (χ4v) is 1.74. The zero-order valence-corrected chi connectivity index (χ0v) is 9.75. The minimum Gasteiger partial charge on any atom is -0.475 e. The Balaban J connectivity index is 2.17. The van der Waals surface area contributed by atoms with Gasteiger partial charge in [-0.15, -0.1) is 5.10 Å². The smallest absolute Gasteiger partial charge is 0.375 e. The molecule has 0 bridgehead atoms. The molecule has 0 amide bonds. The number of hydrogen-bond donors (Lipinski definition) is 1. The maximum absolute atomic E-state index is 10.6. The van der Waals surface area contributed by atoms with E-state index in [-0.39, 0.29) is 5.82 Å². The van der Waals surface area contributed by atoms with E-state index >= 15 is 0 Å². The van der Waals surface area contributed by atoms with E-state index in [1.807, 2.05) is 24.3 Å². The Bertz CT molecular complexity index is 524. The summed E-state index contributed by atoms with van der Waals surface area (Å²) in [5.74, 6) is -1.30. The Morgan fingerprint density at radius 2 is 2.31 bits per heavy atom. The number of aromatic nitrogens is 3. The molecule has 5 nitrogen and oxygen atoms in total. The van der Waals surface area contributed by atoms with Crippen LogP contribution < -0.4 is 0 Å². The molecule has 0 saturated carbocycles. The topological polar surface area (TPSA) is 68.0 Å². The zero-order valence-electron chi connectivity index (χ0n) is 8.17. The Hall–Kier alpha value is -1.69. The first-order chi connectivity index (χ1) is 7.65. The minimum atomic E-state index is -1.12. The molecule has 0 aliphatic heterocycles.